The summed E-state index contributed by atoms with van der Waals surface area (Å²) < 4.78 is 6.78. The van der Waals surface area contributed by atoms with Gasteiger partial charge in [-0.3, -0.25) is 4.57 Å². The number of H-pyrrole nitrogens is 1. The van der Waals surface area contributed by atoms with Crippen molar-refractivity contribution in [3.05, 3.63) is 16.8 Å². The Bertz CT molecular complexity index is 623. The zero-order chi connectivity index (χ0) is 13.8. The fourth-order valence-corrected chi connectivity index (χ4v) is 2.33. The molecular formula is C10H14N6O2S. The van der Waals surface area contributed by atoms with E-state index in [-0.39, 0.29) is 5.69 Å². The Kier molecular flexibility index (Phi) is 4.05. The number of hydrogen-bond acceptors (Lipinski definition) is 7. The molecular weight excluding hydrogens is 268 g/mol. The van der Waals surface area contributed by atoms with Gasteiger partial charge in [0.1, 0.15) is 17.0 Å². The number of anilines is 1. The molecule has 0 fully saturated rings. The summed E-state index contributed by atoms with van der Waals surface area (Å²) in [5.74, 6) is 0.334. The van der Waals surface area contributed by atoms with Gasteiger partial charge in [-0.25, -0.2) is 14.9 Å². The standard InChI is InChI=1S/C10H14N6O2S/c1-3-16-9(17)14-15-10(16)19-8-6(11)7(18-4-2)12-5-13-8/h5H,3-4,11H2,1-2H3,(H,14,17). The summed E-state index contributed by atoms with van der Waals surface area (Å²) in [4.78, 5) is 19.5. The molecule has 0 atom stereocenters. The van der Waals surface area contributed by atoms with Crippen molar-refractivity contribution >= 4 is 17.4 Å². The van der Waals surface area contributed by atoms with Gasteiger partial charge in [0.25, 0.3) is 0 Å². The van der Waals surface area contributed by atoms with Crippen molar-refractivity contribution in [1.82, 2.24) is 24.7 Å². The summed E-state index contributed by atoms with van der Waals surface area (Å²) >= 11 is 1.19. The summed E-state index contributed by atoms with van der Waals surface area (Å²) in [7, 11) is 0. The lowest BCUT2D eigenvalue weighted by molar-refractivity contribution is 0.327. The van der Waals surface area contributed by atoms with Crippen LogP contribution >= 0.6 is 11.8 Å². The second kappa shape index (κ2) is 5.74. The molecule has 19 heavy (non-hydrogen) atoms. The topological polar surface area (TPSA) is 112 Å². The molecule has 2 aromatic heterocycles. The monoisotopic (exact) mass is 282 g/mol. The van der Waals surface area contributed by atoms with E-state index in [1.54, 1.807) is 0 Å². The number of ether oxygens (including phenoxy) is 1. The average Bonchev–Trinajstić information content (AvgIpc) is 2.75. The minimum absolute atomic E-state index is 0.261. The molecule has 8 nitrogen and oxygen atoms in total. The molecule has 0 bridgehead atoms. The predicted octanol–water partition coefficient (Wildman–Crippen LogP) is 0.513. The van der Waals surface area contributed by atoms with Gasteiger partial charge in [0, 0.05) is 6.54 Å². The van der Waals surface area contributed by atoms with E-state index in [9.17, 15) is 4.79 Å². The first kappa shape index (κ1) is 13.4. The first-order valence-electron chi connectivity index (χ1n) is 5.73. The number of nitrogens with two attached hydrogens (primary N) is 1. The first-order valence-corrected chi connectivity index (χ1v) is 6.55. The highest BCUT2D eigenvalue weighted by atomic mass is 32.2. The van der Waals surface area contributed by atoms with Gasteiger partial charge in [-0.1, -0.05) is 0 Å². The van der Waals surface area contributed by atoms with Gasteiger partial charge in [0.2, 0.25) is 5.88 Å². The van der Waals surface area contributed by atoms with E-state index in [2.05, 4.69) is 20.2 Å². The molecule has 0 saturated carbocycles. The van der Waals surface area contributed by atoms with Crippen LogP contribution in [0.25, 0.3) is 0 Å². The SMILES string of the molecule is CCOc1ncnc(Sc2n[nH]c(=O)n2CC)c1N. The summed E-state index contributed by atoms with van der Waals surface area (Å²) in [6.07, 6.45) is 1.37. The van der Waals surface area contributed by atoms with Crippen LogP contribution < -0.4 is 16.2 Å². The highest BCUT2D eigenvalue weighted by Crippen LogP contribution is 2.32. The van der Waals surface area contributed by atoms with E-state index >= 15 is 0 Å². The second-order valence-corrected chi connectivity index (χ2v) is 4.44. The van der Waals surface area contributed by atoms with E-state index < -0.39 is 0 Å². The normalized spacial score (nSPS) is 10.6. The van der Waals surface area contributed by atoms with Crippen LogP contribution in [-0.4, -0.2) is 31.3 Å². The summed E-state index contributed by atoms with van der Waals surface area (Å²) in [5.41, 5.74) is 6.00. The van der Waals surface area contributed by atoms with Crippen LogP contribution in [0.4, 0.5) is 5.69 Å². The Morgan fingerprint density at radius 1 is 1.47 bits per heavy atom. The van der Waals surface area contributed by atoms with Crippen molar-refractivity contribution in [1.29, 1.82) is 0 Å². The Labute approximate surface area is 113 Å². The summed E-state index contributed by atoms with van der Waals surface area (Å²) in [5, 5.41) is 7.33. The minimum Gasteiger partial charge on any atom is -0.476 e. The second-order valence-electron chi connectivity index (χ2n) is 3.49. The molecule has 0 radical (unpaired) electrons. The number of rotatable bonds is 5. The third-order valence-corrected chi connectivity index (χ3v) is 3.33. The van der Waals surface area contributed by atoms with Crippen LogP contribution in [0, 0.1) is 0 Å². The van der Waals surface area contributed by atoms with Crippen molar-refractivity contribution in [3.63, 3.8) is 0 Å². The van der Waals surface area contributed by atoms with Gasteiger partial charge < -0.3 is 10.5 Å². The summed E-state index contributed by atoms with van der Waals surface area (Å²) in [6.45, 7) is 4.68. The zero-order valence-electron chi connectivity index (χ0n) is 10.6. The third kappa shape index (κ3) is 2.70. The molecule has 3 N–H and O–H groups in total. The highest BCUT2D eigenvalue weighted by molar-refractivity contribution is 7.99. The van der Waals surface area contributed by atoms with Crippen molar-refractivity contribution in [2.75, 3.05) is 12.3 Å². The molecule has 0 aliphatic carbocycles. The van der Waals surface area contributed by atoms with Crippen LogP contribution in [0.2, 0.25) is 0 Å². The Balaban J connectivity index is 2.33. The fraction of sp³-hybridized carbons (Fsp3) is 0.400. The molecule has 2 heterocycles. The van der Waals surface area contributed by atoms with E-state index in [4.69, 9.17) is 10.5 Å². The molecule has 2 rings (SSSR count). The number of hydrogen-bond donors (Lipinski definition) is 2. The van der Waals surface area contributed by atoms with Crippen molar-refractivity contribution in [3.8, 4) is 5.88 Å². The van der Waals surface area contributed by atoms with Crippen LogP contribution in [0.15, 0.2) is 21.3 Å². The molecule has 0 spiro atoms. The first-order chi connectivity index (χ1) is 9.17. The lowest BCUT2D eigenvalue weighted by atomic mass is 10.5. The molecule has 0 amide bonds. The van der Waals surface area contributed by atoms with E-state index in [0.29, 0.717) is 34.9 Å². The van der Waals surface area contributed by atoms with E-state index in [1.807, 2.05) is 13.8 Å². The van der Waals surface area contributed by atoms with E-state index in [1.165, 1.54) is 22.7 Å². The number of nitrogens with one attached hydrogen (secondary N) is 1. The molecule has 0 aliphatic heterocycles. The van der Waals surface area contributed by atoms with Crippen molar-refractivity contribution in [2.24, 2.45) is 0 Å². The van der Waals surface area contributed by atoms with Gasteiger partial charge in [0.15, 0.2) is 5.16 Å². The molecule has 2 aromatic rings. The largest absolute Gasteiger partial charge is 0.476 e. The Hall–Kier alpha value is -2.03. The van der Waals surface area contributed by atoms with Gasteiger partial charge in [-0.15, -0.1) is 5.10 Å². The van der Waals surface area contributed by atoms with E-state index in [0.717, 1.165) is 0 Å². The highest BCUT2D eigenvalue weighted by Gasteiger charge is 2.14. The molecule has 102 valence electrons. The fourth-order valence-electron chi connectivity index (χ4n) is 1.44. The van der Waals surface area contributed by atoms with Gasteiger partial charge in [-0.2, -0.15) is 4.98 Å². The molecule has 0 aromatic carbocycles. The van der Waals surface area contributed by atoms with Crippen LogP contribution in [0.1, 0.15) is 13.8 Å². The molecule has 9 heteroatoms. The maximum Gasteiger partial charge on any atom is 0.343 e. The number of aromatic amines is 1. The number of nitrogen functional groups attached to an aromatic ring is 1. The molecule has 0 aliphatic rings. The predicted molar refractivity (Wildman–Crippen MR) is 70.3 cm³/mol. The van der Waals surface area contributed by atoms with Crippen molar-refractivity contribution < 1.29 is 4.74 Å². The smallest absolute Gasteiger partial charge is 0.343 e. The molecule has 0 saturated heterocycles. The third-order valence-electron chi connectivity index (χ3n) is 2.32. The van der Waals surface area contributed by atoms with Crippen molar-refractivity contribution in [2.45, 2.75) is 30.6 Å². The lowest BCUT2D eigenvalue weighted by Crippen LogP contribution is -2.16. The van der Waals surface area contributed by atoms with Crippen LogP contribution in [0.5, 0.6) is 5.88 Å². The molecule has 0 unspecified atom stereocenters. The van der Waals surface area contributed by atoms with Gasteiger partial charge in [-0.05, 0) is 25.6 Å². The number of aromatic nitrogens is 5. The van der Waals surface area contributed by atoms with Crippen LogP contribution in [-0.2, 0) is 6.54 Å². The van der Waals surface area contributed by atoms with Crippen LogP contribution in [0.3, 0.4) is 0 Å². The van der Waals surface area contributed by atoms with Gasteiger partial charge >= 0.3 is 5.69 Å². The lowest BCUT2D eigenvalue weighted by Gasteiger charge is -2.08. The maximum atomic E-state index is 11.5. The number of nitrogens with zero attached hydrogens (tertiary/aromatic N) is 4. The average molecular weight is 282 g/mol. The summed E-state index contributed by atoms with van der Waals surface area (Å²) in [6, 6.07) is 0. The quantitative estimate of drug-likeness (QED) is 0.768. The Morgan fingerprint density at radius 2 is 2.26 bits per heavy atom. The zero-order valence-corrected chi connectivity index (χ0v) is 11.4. The minimum atomic E-state index is -0.261. The Morgan fingerprint density at radius 3 is 2.95 bits per heavy atom. The maximum absolute atomic E-state index is 11.5. The van der Waals surface area contributed by atoms with Gasteiger partial charge in [0.05, 0.1) is 6.61 Å².